The minimum Gasteiger partial charge on any atom is -0.497 e. The van der Waals surface area contributed by atoms with E-state index in [1.54, 1.807) is 42.5 Å². The number of aliphatic hydroxyl groups is 1. The molecule has 1 saturated heterocycles. The third kappa shape index (κ3) is 3.96. The fraction of sp³-hybridized carbons (Fsp3) is 0.391. The SMILES string of the molecule is CCN1CCCC1CNC(=O)C1(O)c2cc(Br)ccc2NC(=O)N1c1cccc(OC)c1. The molecule has 2 aromatic carbocycles. The number of nitrogens with zero attached hydrogens (tertiary/aromatic N) is 2. The number of anilines is 2. The van der Waals surface area contributed by atoms with Crippen molar-refractivity contribution in [3.8, 4) is 5.75 Å². The van der Waals surface area contributed by atoms with Gasteiger partial charge in [0.1, 0.15) is 5.75 Å². The summed E-state index contributed by atoms with van der Waals surface area (Å²) in [6, 6.07) is 11.3. The average Bonchev–Trinajstić information content (AvgIpc) is 3.25. The maximum Gasteiger partial charge on any atom is 0.329 e. The van der Waals surface area contributed by atoms with Crippen LogP contribution < -0.4 is 20.3 Å². The van der Waals surface area contributed by atoms with Gasteiger partial charge in [-0.15, -0.1) is 0 Å². The summed E-state index contributed by atoms with van der Waals surface area (Å²) >= 11 is 3.41. The lowest BCUT2D eigenvalue weighted by atomic mass is 9.94. The van der Waals surface area contributed by atoms with Gasteiger partial charge in [-0.3, -0.25) is 14.6 Å². The van der Waals surface area contributed by atoms with Crippen molar-refractivity contribution in [2.75, 3.05) is 37.0 Å². The van der Waals surface area contributed by atoms with Crippen LogP contribution in [-0.2, 0) is 10.5 Å². The van der Waals surface area contributed by atoms with Crippen LogP contribution in [0.2, 0.25) is 0 Å². The Kier molecular flexibility index (Phi) is 6.41. The van der Waals surface area contributed by atoms with Gasteiger partial charge in [0, 0.05) is 28.7 Å². The van der Waals surface area contributed by atoms with E-state index in [0.717, 1.165) is 30.8 Å². The molecule has 4 rings (SSSR count). The lowest BCUT2D eigenvalue weighted by Crippen LogP contribution is -2.63. The predicted molar refractivity (Wildman–Crippen MR) is 126 cm³/mol. The zero-order valence-corrected chi connectivity index (χ0v) is 19.7. The highest BCUT2D eigenvalue weighted by Crippen LogP contribution is 2.41. The van der Waals surface area contributed by atoms with Crippen molar-refractivity contribution >= 4 is 39.2 Å². The number of urea groups is 1. The minimum atomic E-state index is -2.25. The lowest BCUT2D eigenvalue weighted by Gasteiger charge is -2.43. The van der Waals surface area contributed by atoms with Crippen molar-refractivity contribution in [3.05, 3.63) is 52.5 Å². The topological polar surface area (TPSA) is 94.1 Å². The van der Waals surface area contributed by atoms with Crippen molar-refractivity contribution < 1.29 is 19.4 Å². The standard InChI is InChI=1S/C23H27BrN4O4/c1-3-27-11-5-7-17(27)14-25-21(29)23(31)19-12-15(24)9-10-20(19)26-22(30)28(23)16-6-4-8-18(13-16)32-2/h4,6,8-10,12-13,17,31H,3,5,7,11,14H2,1-2H3,(H,25,29)(H,26,30). The van der Waals surface area contributed by atoms with E-state index in [0.29, 0.717) is 28.1 Å². The number of likely N-dealkylation sites (N-methyl/N-ethyl adjacent to an activating group) is 1. The molecular formula is C23H27BrN4O4. The Morgan fingerprint density at radius 1 is 1.34 bits per heavy atom. The van der Waals surface area contributed by atoms with Gasteiger partial charge in [-0.05, 0) is 56.3 Å². The van der Waals surface area contributed by atoms with E-state index in [1.807, 2.05) is 0 Å². The molecule has 3 amide bonds. The number of likely N-dealkylation sites (tertiary alicyclic amines) is 1. The van der Waals surface area contributed by atoms with E-state index in [2.05, 4.69) is 38.4 Å². The highest BCUT2D eigenvalue weighted by Gasteiger charge is 2.52. The quantitative estimate of drug-likeness (QED) is 0.563. The second kappa shape index (κ2) is 9.09. The zero-order chi connectivity index (χ0) is 22.9. The molecule has 2 atom stereocenters. The Bertz CT molecular complexity index is 1030. The molecule has 0 aliphatic carbocycles. The molecule has 0 spiro atoms. The van der Waals surface area contributed by atoms with Gasteiger partial charge in [-0.1, -0.05) is 28.9 Å². The Morgan fingerprint density at radius 2 is 2.16 bits per heavy atom. The molecule has 2 heterocycles. The first-order valence-corrected chi connectivity index (χ1v) is 11.5. The van der Waals surface area contributed by atoms with Crippen LogP contribution in [0.1, 0.15) is 25.3 Å². The summed E-state index contributed by atoms with van der Waals surface area (Å²) < 4.78 is 5.96. The Hall–Kier alpha value is -2.62. The fourth-order valence-electron chi connectivity index (χ4n) is 4.51. The smallest absolute Gasteiger partial charge is 0.329 e. The van der Waals surface area contributed by atoms with E-state index in [9.17, 15) is 14.7 Å². The van der Waals surface area contributed by atoms with E-state index < -0.39 is 17.7 Å². The minimum absolute atomic E-state index is 0.206. The van der Waals surface area contributed by atoms with Gasteiger partial charge < -0.3 is 20.5 Å². The van der Waals surface area contributed by atoms with Crippen LogP contribution in [0.5, 0.6) is 5.75 Å². The third-order valence-electron chi connectivity index (χ3n) is 6.16. The molecule has 8 nitrogen and oxygen atoms in total. The van der Waals surface area contributed by atoms with Crippen molar-refractivity contribution in [1.82, 2.24) is 10.2 Å². The van der Waals surface area contributed by atoms with Crippen LogP contribution in [0.15, 0.2) is 46.9 Å². The van der Waals surface area contributed by atoms with Gasteiger partial charge >= 0.3 is 6.03 Å². The summed E-state index contributed by atoms with van der Waals surface area (Å²) in [4.78, 5) is 30.1. The number of carbonyl (C=O) groups excluding carboxylic acids is 2. The molecule has 3 N–H and O–H groups in total. The third-order valence-corrected chi connectivity index (χ3v) is 6.65. The maximum atomic E-state index is 13.6. The predicted octanol–water partition coefficient (Wildman–Crippen LogP) is 3.26. The number of benzene rings is 2. The summed E-state index contributed by atoms with van der Waals surface area (Å²) in [6.45, 7) is 4.39. The van der Waals surface area contributed by atoms with Gasteiger partial charge in [0.25, 0.3) is 11.6 Å². The summed E-state index contributed by atoms with van der Waals surface area (Å²) in [5.74, 6) is -0.153. The molecule has 170 valence electrons. The lowest BCUT2D eigenvalue weighted by molar-refractivity contribution is -0.140. The van der Waals surface area contributed by atoms with Crippen LogP contribution in [0.3, 0.4) is 0 Å². The highest BCUT2D eigenvalue weighted by atomic mass is 79.9. The maximum absolute atomic E-state index is 13.6. The number of rotatable bonds is 6. The molecule has 9 heteroatoms. The Balaban J connectivity index is 1.74. The van der Waals surface area contributed by atoms with E-state index in [1.165, 1.54) is 7.11 Å². The van der Waals surface area contributed by atoms with Crippen molar-refractivity contribution in [3.63, 3.8) is 0 Å². The van der Waals surface area contributed by atoms with Crippen LogP contribution in [0.25, 0.3) is 0 Å². The molecule has 0 aromatic heterocycles. The number of hydrogen-bond acceptors (Lipinski definition) is 5. The van der Waals surface area contributed by atoms with Gasteiger partial charge in [-0.2, -0.15) is 0 Å². The van der Waals surface area contributed by atoms with Crippen molar-refractivity contribution in [2.24, 2.45) is 0 Å². The second-order valence-electron chi connectivity index (χ2n) is 7.96. The number of amides is 3. The molecule has 32 heavy (non-hydrogen) atoms. The number of hydrogen-bond donors (Lipinski definition) is 3. The van der Waals surface area contributed by atoms with Crippen molar-refractivity contribution in [1.29, 1.82) is 0 Å². The normalized spacial score (nSPS) is 22.9. The monoisotopic (exact) mass is 502 g/mol. The first-order chi connectivity index (χ1) is 15.4. The molecule has 0 bridgehead atoms. The summed E-state index contributed by atoms with van der Waals surface area (Å²) in [7, 11) is 1.52. The zero-order valence-electron chi connectivity index (χ0n) is 18.1. The van der Waals surface area contributed by atoms with Crippen molar-refractivity contribution in [2.45, 2.75) is 31.5 Å². The number of fused-ring (bicyclic) bond motifs is 1. The molecule has 2 unspecified atom stereocenters. The molecule has 0 saturated carbocycles. The van der Waals surface area contributed by atoms with Gasteiger partial charge in [-0.25, -0.2) is 4.79 Å². The first-order valence-electron chi connectivity index (χ1n) is 10.7. The number of nitrogens with one attached hydrogen (secondary N) is 2. The van der Waals surface area contributed by atoms with Gasteiger partial charge in [0.05, 0.1) is 18.5 Å². The van der Waals surface area contributed by atoms with E-state index in [4.69, 9.17) is 4.74 Å². The van der Waals surface area contributed by atoms with E-state index >= 15 is 0 Å². The molecule has 1 fully saturated rings. The largest absolute Gasteiger partial charge is 0.497 e. The van der Waals surface area contributed by atoms with Crippen LogP contribution in [0.4, 0.5) is 16.2 Å². The molecule has 0 radical (unpaired) electrons. The summed E-state index contributed by atoms with van der Waals surface area (Å²) in [5, 5.41) is 17.6. The number of halogens is 1. The molecular weight excluding hydrogens is 476 g/mol. The summed E-state index contributed by atoms with van der Waals surface area (Å²) in [5.41, 5.74) is -1.25. The summed E-state index contributed by atoms with van der Waals surface area (Å²) in [6.07, 6.45) is 2.06. The Labute approximate surface area is 195 Å². The number of carbonyl (C=O) groups is 2. The van der Waals surface area contributed by atoms with E-state index in [-0.39, 0.29) is 11.6 Å². The van der Waals surface area contributed by atoms with Crippen LogP contribution >= 0.6 is 15.9 Å². The average molecular weight is 503 g/mol. The first kappa shape index (κ1) is 22.6. The van der Waals surface area contributed by atoms with Gasteiger partial charge in [0.15, 0.2) is 0 Å². The van der Waals surface area contributed by atoms with Gasteiger partial charge in [0.2, 0.25) is 0 Å². The molecule has 2 aromatic rings. The molecule has 2 aliphatic rings. The second-order valence-corrected chi connectivity index (χ2v) is 8.88. The Morgan fingerprint density at radius 3 is 2.91 bits per heavy atom. The molecule has 2 aliphatic heterocycles. The van der Waals surface area contributed by atoms with Crippen LogP contribution in [0, 0.1) is 0 Å². The fourth-order valence-corrected chi connectivity index (χ4v) is 4.87. The van der Waals surface area contributed by atoms with Crippen LogP contribution in [-0.4, -0.2) is 54.7 Å². The number of ether oxygens (including phenoxy) is 1. The highest BCUT2D eigenvalue weighted by molar-refractivity contribution is 9.10. The number of methoxy groups -OCH3 is 1.